The Morgan fingerprint density at radius 1 is 1.35 bits per heavy atom. The minimum atomic E-state index is -1.42. The fourth-order valence-corrected chi connectivity index (χ4v) is 1.92. The van der Waals surface area contributed by atoms with Crippen molar-refractivity contribution in [2.45, 2.75) is 39.2 Å². The first kappa shape index (κ1) is 15.9. The smallest absolute Gasteiger partial charge is 0.340 e. The van der Waals surface area contributed by atoms with Gasteiger partial charge in [-0.15, -0.1) is 0 Å². The molecule has 0 heterocycles. The van der Waals surface area contributed by atoms with Gasteiger partial charge in [0, 0.05) is 6.04 Å². The number of carboxylic acids is 1. The number of anilines is 1. The summed E-state index contributed by atoms with van der Waals surface area (Å²) >= 11 is 0. The van der Waals surface area contributed by atoms with Crippen LogP contribution in [0.2, 0.25) is 0 Å². The van der Waals surface area contributed by atoms with Gasteiger partial charge in [0.2, 0.25) is 0 Å². The second-order valence-corrected chi connectivity index (χ2v) is 4.46. The zero-order chi connectivity index (χ0) is 15.1. The summed E-state index contributed by atoms with van der Waals surface area (Å²) in [5.74, 6) is -2.30. The molecule has 3 N–H and O–H groups in total. The number of halogens is 1. The first-order valence-electron chi connectivity index (χ1n) is 6.58. The van der Waals surface area contributed by atoms with E-state index in [-0.39, 0.29) is 11.7 Å². The number of carbonyl (C=O) groups is 2. The topological polar surface area (TPSA) is 78.4 Å². The first-order valence-corrected chi connectivity index (χ1v) is 6.58. The van der Waals surface area contributed by atoms with Crippen LogP contribution in [-0.4, -0.2) is 23.1 Å². The van der Waals surface area contributed by atoms with E-state index in [0.717, 1.165) is 25.3 Å². The average Bonchev–Trinajstić information content (AvgIpc) is 2.37. The third-order valence-corrected chi connectivity index (χ3v) is 2.94. The first-order chi connectivity index (χ1) is 9.49. The largest absolute Gasteiger partial charge is 0.478 e. The fourth-order valence-electron chi connectivity index (χ4n) is 1.92. The van der Waals surface area contributed by atoms with Gasteiger partial charge in [0.15, 0.2) is 0 Å². The molecule has 6 heteroatoms. The summed E-state index contributed by atoms with van der Waals surface area (Å²) in [6, 6.07) is 3.23. The lowest BCUT2D eigenvalue weighted by Crippen LogP contribution is -2.37. The van der Waals surface area contributed by atoms with Crippen molar-refractivity contribution in [2.75, 3.05) is 5.32 Å². The van der Waals surface area contributed by atoms with Crippen LogP contribution in [0.5, 0.6) is 0 Å². The molecular weight excluding hydrogens is 263 g/mol. The van der Waals surface area contributed by atoms with Crippen molar-refractivity contribution in [3.63, 3.8) is 0 Å². The average molecular weight is 282 g/mol. The molecule has 0 aliphatic rings. The normalized spacial score (nSPS) is 11.8. The Balaban J connectivity index is 2.80. The van der Waals surface area contributed by atoms with E-state index in [2.05, 4.69) is 10.6 Å². The van der Waals surface area contributed by atoms with Crippen LogP contribution in [0, 0.1) is 5.82 Å². The summed E-state index contributed by atoms with van der Waals surface area (Å²) in [5, 5.41) is 14.1. The van der Waals surface area contributed by atoms with Crippen LogP contribution in [0.1, 0.15) is 43.5 Å². The van der Waals surface area contributed by atoms with Crippen LogP contribution in [0.15, 0.2) is 18.2 Å². The predicted octanol–water partition coefficient (Wildman–Crippen LogP) is 3.22. The maximum absolute atomic E-state index is 13.4. The minimum Gasteiger partial charge on any atom is -0.478 e. The van der Waals surface area contributed by atoms with Crippen molar-refractivity contribution in [1.29, 1.82) is 0 Å². The van der Waals surface area contributed by atoms with E-state index in [1.165, 1.54) is 12.1 Å². The van der Waals surface area contributed by atoms with Gasteiger partial charge in [-0.05, 0) is 25.0 Å². The molecule has 0 saturated carbocycles. The highest BCUT2D eigenvalue weighted by Gasteiger charge is 2.18. The van der Waals surface area contributed by atoms with Gasteiger partial charge in [0.25, 0.3) is 0 Å². The molecule has 110 valence electrons. The van der Waals surface area contributed by atoms with Crippen molar-refractivity contribution in [2.24, 2.45) is 0 Å². The van der Waals surface area contributed by atoms with E-state index in [9.17, 15) is 14.0 Å². The molecule has 2 amide bonds. The quantitative estimate of drug-likeness (QED) is 0.749. The summed E-state index contributed by atoms with van der Waals surface area (Å²) < 4.78 is 13.4. The highest BCUT2D eigenvalue weighted by molar-refractivity contribution is 6.00. The molecule has 1 atom stereocenters. The number of benzene rings is 1. The van der Waals surface area contributed by atoms with Gasteiger partial charge in [-0.2, -0.15) is 0 Å². The molecule has 20 heavy (non-hydrogen) atoms. The van der Waals surface area contributed by atoms with E-state index in [4.69, 9.17) is 5.11 Å². The fraction of sp³-hybridized carbons (Fsp3) is 0.429. The third kappa shape index (κ3) is 4.22. The SMILES string of the molecule is CCCC(CC)NC(=O)Nc1cccc(F)c1C(=O)O. The molecule has 0 bridgehead atoms. The number of rotatable bonds is 6. The van der Waals surface area contributed by atoms with E-state index in [1.807, 2.05) is 13.8 Å². The summed E-state index contributed by atoms with van der Waals surface area (Å²) in [6.45, 7) is 3.96. The van der Waals surface area contributed by atoms with Gasteiger partial charge in [-0.25, -0.2) is 14.0 Å². The van der Waals surface area contributed by atoms with Crippen molar-refractivity contribution in [3.8, 4) is 0 Å². The number of urea groups is 1. The lowest BCUT2D eigenvalue weighted by molar-refractivity contribution is 0.0693. The van der Waals surface area contributed by atoms with E-state index in [0.29, 0.717) is 0 Å². The van der Waals surface area contributed by atoms with Gasteiger partial charge < -0.3 is 15.7 Å². The zero-order valence-electron chi connectivity index (χ0n) is 11.6. The molecular formula is C14H19FN2O3. The lowest BCUT2D eigenvalue weighted by Gasteiger charge is -2.17. The molecule has 1 aromatic carbocycles. The number of aromatic carboxylic acids is 1. The summed E-state index contributed by atoms with van der Waals surface area (Å²) in [5.41, 5.74) is -0.590. The molecule has 0 spiro atoms. The Morgan fingerprint density at radius 3 is 2.60 bits per heavy atom. The second-order valence-electron chi connectivity index (χ2n) is 4.46. The number of hydrogen-bond acceptors (Lipinski definition) is 2. The Kier molecular flexibility index (Phi) is 5.96. The van der Waals surface area contributed by atoms with Gasteiger partial charge >= 0.3 is 12.0 Å². The van der Waals surface area contributed by atoms with Crippen LogP contribution < -0.4 is 10.6 Å². The third-order valence-electron chi connectivity index (χ3n) is 2.94. The molecule has 0 fully saturated rings. The van der Waals surface area contributed by atoms with Crippen molar-refractivity contribution >= 4 is 17.7 Å². The van der Waals surface area contributed by atoms with E-state index in [1.54, 1.807) is 0 Å². The van der Waals surface area contributed by atoms with E-state index < -0.39 is 23.4 Å². The minimum absolute atomic E-state index is 0.0156. The Labute approximate surface area is 117 Å². The highest BCUT2D eigenvalue weighted by Crippen LogP contribution is 2.19. The zero-order valence-corrected chi connectivity index (χ0v) is 11.6. The van der Waals surface area contributed by atoms with Gasteiger partial charge in [0.1, 0.15) is 11.4 Å². The molecule has 0 aliphatic heterocycles. The van der Waals surface area contributed by atoms with Crippen molar-refractivity contribution in [1.82, 2.24) is 5.32 Å². The van der Waals surface area contributed by atoms with Gasteiger partial charge in [-0.3, -0.25) is 0 Å². The molecule has 0 aliphatic carbocycles. The predicted molar refractivity (Wildman–Crippen MR) is 74.5 cm³/mol. The molecule has 5 nitrogen and oxygen atoms in total. The monoisotopic (exact) mass is 282 g/mol. The van der Waals surface area contributed by atoms with Crippen LogP contribution >= 0.6 is 0 Å². The molecule has 1 aromatic rings. The molecule has 0 radical (unpaired) electrons. The molecule has 0 saturated heterocycles. The standard InChI is InChI=1S/C14H19FN2O3/c1-3-6-9(4-2)16-14(20)17-11-8-5-7-10(15)12(11)13(18)19/h5,7-9H,3-4,6H2,1-2H3,(H,18,19)(H2,16,17,20). The number of hydrogen-bond donors (Lipinski definition) is 3. The van der Waals surface area contributed by atoms with Crippen LogP contribution in [0.4, 0.5) is 14.9 Å². The second kappa shape index (κ2) is 7.47. The number of amides is 2. The van der Waals surface area contributed by atoms with Gasteiger partial charge in [-0.1, -0.05) is 26.3 Å². The van der Waals surface area contributed by atoms with Crippen LogP contribution in [0.3, 0.4) is 0 Å². The Morgan fingerprint density at radius 2 is 2.05 bits per heavy atom. The summed E-state index contributed by atoms with van der Waals surface area (Å²) in [6.07, 6.45) is 2.54. The molecule has 0 aromatic heterocycles. The molecule has 1 rings (SSSR count). The number of carboxylic acid groups (broad SMARTS) is 1. The lowest BCUT2D eigenvalue weighted by atomic mass is 10.1. The Hall–Kier alpha value is -2.11. The number of carbonyl (C=O) groups excluding carboxylic acids is 1. The summed E-state index contributed by atoms with van der Waals surface area (Å²) in [4.78, 5) is 22.8. The Bertz CT molecular complexity index is 491. The maximum atomic E-state index is 13.4. The van der Waals surface area contributed by atoms with Crippen molar-refractivity contribution < 1.29 is 19.1 Å². The van der Waals surface area contributed by atoms with E-state index >= 15 is 0 Å². The van der Waals surface area contributed by atoms with Crippen LogP contribution in [0.25, 0.3) is 0 Å². The number of nitrogens with one attached hydrogen (secondary N) is 2. The van der Waals surface area contributed by atoms with Crippen LogP contribution in [-0.2, 0) is 0 Å². The van der Waals surface area contributed by atoms with Gasteiger partial charge in [0.05, 0.1) is 5.69 Å². The maximum Gasteiger partial charge on any atom is 0.340 e. The van der Waals surface area contributed by atoms with Crippen molar-refractivity contribution in [3.05, 3.63) is 29.6 Å². The molecule has 1 unspecified atom stereocenters. The summed E-state index contributed by atoms with van der Waals surface area (Å²) in [7, 11) is 0. The highest BCUT2D eigenvalue weighted by atomic mass is 19.1.